The summed E-state index contributed by atoms with van der Waals surface area (Å²) in [5, 5.41) is 4.32. The third-order valence-corrected chi connectivity index (χ3v) is 6.28. The van der Waals surface area contributed by atoms with Gasteiger partial charge in [-0.3, -0.25) is 4.79 Å². The number of amides is 1. The van der Waals surface area contributed by atoms with Crippen LogP contribution >= 0.6 is 47.8 Å². The number of likely N-dealkylation sites (tertiary alicyclic amines) is 1. The highest BCUT2D eigenvalue weighted by Crippen LogP contribution is 2.32. The highest BCUT2D eigenvalue weighted by molar-refractivity contribution is 9.14. The van der Waals surface area contributed by atoms with Gasteiger partial charge in [0.15, 0.2) is 0 Å². The quantitative estimate of drug-likeness (QED) is 0.698. The van der Waals surface area contributed by atoms with E-state index in [4.69, 9.17) is 0 Å². The van der Waals surface area contributed by atoms with Crippen LogP contribution in [0, 0.1) is 0 Å². The third-order valence-electron chi connectivity index (χ3n) is 3.15. The van der Waals surface area contributed by atoms with Gasteiger partial charge in [-0.25, -0.2) is 4.68 Å². The number of hydrogen-bond donors (Lipinski definition) is 0. The fraction of sp³-hybridized carbons (Fsp3) is 0.636. The van der Waals surface area contributed by atoms with Crippen LogP contribution in [0.25, 0.3) is 0 Å². The molecule has 1 aliphatic rings. The van der Waals surface area contributed by atoms with E-state index in [0.717, 1.165) is 35.0 Å². The number of nitrogens with zero attached hydrogens (tertiary/aromatic N) is 3. The predicted octanol–water partition coefficient (Wildman–Crippen LogP) is 3.74. The molecule has 1 unspecified atom stereocenters. The first-order chi connectivity index (χ1) is 8.52. The minimum atomic E-state index is -0.292. The molecule has 0 spiro atoms. The summed E-state index contributed by atoms with van der Waals surface area (Å²) in [6, 6.07) is -0.292. The average molecular weight is 444 g/mol. The fourth-order valence-electron chi connectivity index (χ4n) is 2.11. The molecule has 0 radical (unpaired) electrons. The molecule has 1 fully saturated rings. The van der Waals surface area contributed by atoms with Crippen LogP contribution in [0.4, 0.5) is 0 Å². The molecule has 1 aliphatic heterocycles. The number of carbonyl (C=O) groups excluding carboxylic acids is 1. The lowest BCUT2D eigenvalue weighted by atomic mass is 10.1. The Balaban J connectivity index is 2.17. The van der Waals surface area contributed by atoms with E-state index in [1.165, 1.54) is 6.42 Å². The largest absolute Gasteiger partial charge is 0.341 e. The molecule has 2 rings (SSSR count). The second-order valence-electron chi connectivity index (χ2n) is 4.40. The van der Waals surface area contributed by atoms with Gasteiger partial charge in [-0.1, -0.05) is 0 Å². The smallest absolute Gasteiger partial charge is 0.247 e. The van der Waals surface area contributed by atoms with Crippen LogP contribution in [0.1, 0.15) is 32.2 Å². The Morgan fingerprint density at radius 2 is 1.83 bits per heavy atom. The molecular weight excluding hydrogens is 430 g/mol. The van der Waals surface area contributed by atoms with E-state index in [-0.39, 0.29) is 11.9 Å². The van der Waals surface area contributed by atoms with E-state index in [9.17, 15) is 4.79 Å². The standard InChI is InChI=1S/C11H14Br3N3O/c1-7(11(18)16-5-3-2-4-6-16)17-10(14)8(12)9(13)15-17/h7H,2-6H2,1H3. The second-order valence-corrected chi connectivity index (χ2v) is 6.70. The highest BCUT2D eigenvalue weighted by atomic mass is 79.9. The van der Waals surface area contributed by atoms with Crippen molar-refractivity contribution in [1.82, 2.24) is 14.7 Å². The molecule has 1 amide bonds. The second kappa shape index (κ2) is 6.05. The van der Waals surface area contributed by atoms with Gasteiger partial charge in [0.1, 0.15) is 15.2 Å². The maximum Gasteiger partial charge on any atom is 0.247 e. The maximum atomic E-state index is 12.4. The Labute approximate surface area is 131 Å². The number of halogens is 3. The summed E-state index contributed by atoms with van der Waals surface area (Å²) in [5.74, 6) is 0.137. The van der Waals surface area contributed by atoms with Crippen LogP contribution in [0.3, 0.4) is 0 Å². The predicted molar refractivity (Wildman–Crippen MR) is 80.5 cm³/mol. The Bertz CT molecular complexity index is 455. The van der Waals surface area contributed by atoms with Gasteiger partial charge < -0.3 is 4.90 Å². The number of aromatic nitrogens is 2. The summed E-state index contributed by atoms with van der Waals surface area (Å²) in [4.78, 5) is 14.3. The van der Waals surface area contributed by atoms with Gasteiger partial charge in [-0.15, -0.1) is 0 Å². The van der Waals surface area contributed by atoms with Crippen molar-refractivity contribution < 1.29 is 4.79 Å². The zero-order chi connectivity index (χ0) is 13.3. The third kappa shape index (κ3) is 2.82. The van der Waals surface area contributed by atoms with Gasteiger partial charge >= 0.3 is 0 Å². The first-order valence-corrected chi connectivity index (χ1v) is 8.28. The summed E-state index contributed by atoms with van der Waals surface area (Å²) >= 11 is 10.2. The maximum absolute atomic E-state index is 12.4. The van der Waals surface area contributed by atoms with Crippen molar-refractivity contribution in [3.05, 3.63) is 13.7 Å². The summed E-state index contributed by atoms with van der Waals surface area (Å²) in [5.41, 5.74) is 0. The van der Waals surface area contributed by atoms with Gasteiger partial charge in [0.2, 0.25) is 5.91 Å². The zero-order valence-corrected chi connectivity index (χ0v) is 14.8. The molecule has 0 aromatic carbocycles. The van der Waals surface area contributed by atoms with Crippen LogP contribution in [-0.2, 0) is 4.79 Å². The van der Waals surface area contributed by atoms with Gasteiger partial charge in [0.25, 0.3) is 0 Å². The van der Waals surface area contributed by atoms with E-state index >= 15 is 0 Å². The monoisotopic (exact) mass is 441 g/mol. The Kier molecular flexibility index (Phi) is 4.88. The Morgan fingerprint density at radius 3 is 2.33 bits per heavy atom. The molecule has 1 aromatic rings. The lowest BCUT2D eigenvalue weighted by Gasteiger charge is -2.29. The summed E-state index contributed by atoms with van der Waals surface area (Å²) in [7, 11) is 0. The Morgan fingerprint density at radius 1 is 1.22 bits per heavy atom. The van der Waals surface area contributed by atoms with Gasteiger partial charge in [-0.05, 0) is 74.0 Å². The molecule has 0 saturated carbocycles. The fourth-order valence-corrected chi connectivity index (χ4v) is 3.57. The topological polar surface area (TPSA) is 38.1 Å². The van der Waals surface area contributed by atoms with E-state index in [0.29, 0.717) is 4.60 Å². The van der Waals surface area contributed by atoms with Crippen LogP contribution in [-0.4, -0.2) is 33.7 Å². The van der Waals surface area contributed by atoms with E-state index in [1.54, 1.807) is 4.68 Å². The van der Waals surface area contributed by atoms with Crippen molar-refractivity contribution in [2.75, 3.05) is 13.1 Å². The van der Waals surface area contributed by atoms with Gasteiger partial charge in [0, 0.05) is 13.1 Å². The first-order valence-electron chi connectivity index (χ1n) is 5.90. The lowest BCUT2D eigenvalue weighted by molar-refractivity contribution is -0.135. The molecule has 1 saturated heterocycles. The average Bonchev–Trinajstić information content (AvgIpc) is 2.66. The molecular formula is C11H14Br3N3O. The normalized spacial score (nSPS) is 17.9. The minimum Gasteiger partial charge on any atom is -0.341 e. The lowest BCUT2D eigenvalue weighted by Crippen LogP contribution is -2.40. The number of carbonyl (C=O) groups is 1. The highest BCUT2D eigenvalue weighted by Gasteiger charge is 2.26. The number of rotatable bonds is 2. The SMILES string of the molecule is CC(C(=O)N1CCCCC1)n1nc(Br)c(Br)c1Br. The van der Waals surface area contributed by atoms with E-state index < -0.39 is 0 Å². The summed E-state index contributed by atoms with van der Waals surface area (Å²) in [6.07, 6.45) is 3.43. The molecule has 1 aromatic heterocycles. The molecule has 2 heterocycles. The van der Waals surface area contributed by atoms with Crippen molar-refractivity contribution in [2.45, 2.75) is 32.2 Å². The summed E-state index contributed by atoms with van der Waals surface area (Å²) in [6.45, 7) is 3.61. The van der Waals surface area contributed by atoms with Gasteiger partial charge in [-0.2, -0.15) is 5.10 Å². The molecule has 7 heteroatoms. The van der Waals surface area contributed by atoms with E-state index in [2.05, 4.69) is 52.9 Å². The van der Waals surface area contributed by atoms with Crippen molar-refractivity contribution in [2.24, 2.45) is 0 Å². The first kappa shape index (κ1) is 14.5. The molecule has 0 bridgehead atoms. The Hall–Kier alpha value is 0.120. The molecule has 18 heavy (non-hydrogen) atoms. The molecule has 4 nitrogen and oxygen atoms in total. The van der Waals surface area contributed by atoms with Crippen molar-refractivity contribution >= 4 is 53.7 Å². The van der Waals surface area contributed by atoms with Crippen LogP contribution in [0.2, 0.25) is 0 Å². The number of piperidine rings is 1. The van der Waals surface area contributed by atoms with Crippen molar-refractivity contribution in [3.63, 3.8) is 0 Å². The molecule has 100 valence electrons. The zero-order valence-electron chi connectivity index (χ0n) is 10.00. The van der Waals surface area contributed by atoms with E-state index in [1.807, 2.05) is 11.8 Å². The molecule has 0 aliphatic carbocycles. The van der Waals surface area contributed by atoms with Crippen molar-refractivity contribution in [1.29, 1.82) is 0 Å². The summed E-state index contributed by atoms with van der Waals surface area (Å²) < 4.78 is 4.02. The van der Waals surface area contributed by atoms with Gasteiger partial charge in [0.05, 0.1) is 4.47 Å². The van der Waals surface area contributed by atoms with Crippen LogP contribution in [0.15, 0.2) is 13.7 Å². The molecule has 1 atom stereocenters. The number of hydrogen-bond acceptors (Lipinski definition) is 2. The minimum absolute atomic E-state index is 0.137. The molecule has 0 N–H and O–H groups in total. The van der Waals surface area contributed by atoms with Crippen molar-refractivity contribution in [3.8, 4) is 0 Å². The van der Waals surface area contributed by atoms with Crippen LogP contribution in [0.5, 0.6) is 0 Å². The van der Waals surface area contributed by atoms with Crippen LogP contribution < -0.4 is 0 Å².